The van der Waals surface area contributed by atoms with Crippen LogP contribution in [0.15, 0.2) is 12.5 Å². The van der Waals surface area contributed by atoms with Crippen molar-refractivity contribution in [3.63, 3.8) is 0 Å². The summed E-state index contributed by atoms with van der Waals surface area (Å²) in [5.41, 5.74) is 0.998. The molecule has 1 amide bonds. The molecule has 1 aromatic rings. The predicted octanol–water partition coefficient (Wildman–Crippen LogP) is 0.328. The quantitative estimate of drug-likeness (QED) is 0.705. The number of nitrogens with zero attached hydrogens (tertiary/aromatic N) is 2. The Kier molecular flexibility index (Phi) is 2.85. The number of nitrogens with one attached hydrogen (secondary N) is 1. The van der Waals surface area contributed by atoms with Gasteiger partial charge >= 0.3 is 0 Å². The molecule has 12 heavy (non-hydrogen) atoms. The van der Waals surface area contributed by atoms with Crippen molar-refractivity contribution in [1.82, 2.24) is 14.9 Å². The fourth-order valence-electron chi connectivity index (χ4n) is 0.955. The van der Waals surface area contributed by atoms with Gasteiger partial charge in [-0.05, 0) is 6.92 Å². The maximum absolute atomic E-state index is 10.5. The van der Waals surface area contributed by atoms with Gasteiger partial charge in [0.25, 0.3) is 0 Å². The second kappa shape index (κ2) is 3.90. The molecule has 0 bridgehead atoms. The first-order valence-corrected chi connectivity index (χ1v) is 3.91. The van der Waals surface area contributed by atoms with Crippen LogP contribution in [-0.4, -0.2) is 22.0 Å². The maximum Gasteiger partial charge on any atom is 0.216 e. The number of rotatable bonds is 3. The Morgan fingerprint density at radius 2 is 2.50 bits per heavy atom. The Hall–Kier alpha value is -1.32. The topological polar surface area (TPSA) is 46.9 Å². The van der Waals surface area contributed by atoms with Crippen molar-refractivity contribution in [2.75, 3.05) is 6.54 Å². The van der Waals surface area contributed by atoms with Crippen molar-refractivity contribution in [2.45, 2.75) is 20.4 Å². The van der Waals surface area contributed by atoms with E-state index >= 15 is 0 Å². The van der Waals surface area contributed by atoms with Gasteiger partial charge < -0.3 is 9.88 Å². The highest BCUT2D eigenvalue weighted by atomic mass is 16.1. The molecular formula is C8H13N3O. The third-order valence-corrected chi connectivity index (χ3v) is 1.51. The second-order valence-electron chi connectivity index (χ2n) is 2.74. The van der Waals surface area contributed by atoms with Crippen molar-refractivity contribution >= 4 is 5.91 Å². The van der Waals surface area contributed by atoms with E-state index in [9.17, 15) is 4.79 Å². The first-order valence-electron chi connectivity index (χ1n) is 3.91. The third kappa shape index (κ3) is 2.74. The molecule has 0 atom stereocenters. The van der Waals surface area contributed by atoms with E-state index in [-0.39, 0.29) is 5.91 Å². The van der Waals surface area contributed by atoms with Crippen LogP contribution in [0.3, 0.4) is 0 Å². The first-order chi connectivity index (χ1) is 5.68. The molecule has 1 aromatic heterocycles. The summed E-state index contributed by atoms with van der Waals surface area (Å²) in [6, 6.07) is 0. The highest BCUT2D eigenvalue weighted by molar-refractivity contribution is 5.72. The normalized spacial score (nSPS) is 9.83. The molecular weight excluding hydrogens is 154 g/mol. The zero-order valence-electron chi connectivity index (χ0n) is 7.37. The van der Waals surface area contributed by atoms with Crippen molar-refractivity contribution in [2.24, 2.45) is 0 Å². The lowest BCUT2D eigenvalue weighted by Crippen LogP contribution is -2.23. The van der Waals surface area contributed by atoms with Crippen LogP contribution < -0.4 is 5.32 Å². The van der Waals surface area contributed by atoms with Crippen LogP contribution in [0.25, 0.3) is 0 Å². The number of aromatic nitrogens is 2. The molecule has 4 heteroatoms. The number of amides is 1. The molecule has 1 heterocycles. The van der Waals surface area contributed by atoms with Crippen molar-refractivity contribution in [3.8, 4) is 0 Å². The summed E-state index contributed by atoms with van der Waals surface area (Å²) in [6.07, 6.45) is 3.71. The van der Waals surface area contributed by atoms with E-state index in [0.717, 1.165) is 12.2 Å². The molecule has 66 valence electrons. The largest absolute Gasteiger partial charge is 0.355 e. The van der Waals surface area contributed by atoms with E-state index in [1.807, 2.05) is 17.7 Å². The van der Waals surface area contributed by atoms with E-state index in [2.05, 4.69) is 10.3 Å². The Labute approximate surface area is 71.6 Å². The van der Waals surface area contributed by atoms with Crippen LogP contribution >= 0.6 is 0 Å². The lowest BCUT2D eigenvalue weighted by molar-refractivity contribution is -0.118. The second-order valence-corrected chi connectivity index (χ2v) is 2.74. The zero-order chi connectivity index (χ0) is 8.97. The van der Waals surface area contributed by atoms with Gasteiger partial charge in [-0.1, -0.05) is 0 Å². The molecule has 1 rings (SSSR count). The third-order valence-electron chi connectivity index (χ3n) is 1.51. The van der Waals surface area contributed by atoms with E-state index in [4.69, 9.17) is 0 Å². The fourth-order valence-corrected chi connectivity index (χ4v) is 0.955. The number of hydrogen-bond acceptors (Lipinski definition) is 2. The number of carbonyl (C=O) groups excluding carboxylic acids is 1. The van der Waals surface area contributed by atoms with Crippen LogP contribution in [0.2, 0.25) is 0 Å². The monoisotopic (exact) mass is 167 g/mol. The minimum atomic E-state index is 0.00633. The summed E-state index contributed by atoms with van der Waals surface area (Å²) in [4.78, 5) is 14.6. The van der Waals surface area contributed by atoms with Crippen LogP contribution in [0, 0.1) is 6.92 Å². The summed E-state index contributed by atoms with van der Waals surface area (Å²) in [7, 11) is 0. The highest BCUT2D eigenvalue weighted by Crippen LogP contribution is 1.91. The minimum absolute atomic E-state index is 0.00633. The Morgan fingerprint density at radius 1 is 1.75 bits per heavy atom. The molecule has 1 N–H and O–H groups in total. The number of hydrogen-bond donors (Lipinski definition) is 1. The lowest BCUT2D eigenvalue weighted by atomic mass is 10.5. The molecule has 0 saturated carbocycles. The zero-order valence-corrected chi connectivity index (χ0v) is 7.37. The molecule has 0 fully saturated rings. The lowest BCUT2D eigenvalue weighted by Gasteiger charge is -2.01. The fraction of sp³-hybridized carbons (Fsp3) is 0.500. The summed E-state index contributed by atoms with van der Waals surface area (Å²) in [5.74, 6) is 0.00633. The molecule has 0 aliphatic heterocycles. The Morgan fingerprint density at radius 3 is 3.00 bits per heavy atom. The molecule has 0 saturated heterocycles. The van der Waals surface area contributed by atoms with Gasteiger partial charge in [-0.3, -0.25) is 4.79 Å². The van der Waals surface area contributed by atoms with Crippen molar-refractivity contribution in [3.05, 3.63) is 18.2 Å². The smallest absolute Gasteiger partial charge is 0.216 e. The SMILES string of the molecule is CC(=O)NCCn1cnc(C)c1. The molecule has 0 aliphatic rings. The van der Waals surface area contributed by atoms with Crippen molar-refractivity contribution in [1.29, 1.82) is 0 Å². The van der Waals surface area contributed by atoms with Gasteiger partial charge in [0.15, 0.2) is 0 Å². The van der Waals surface area contributed by atoms with Gasteiger partial charge in [-0.15, -0.1) is 0 Å². The van der Waals surface area contributed by atoms with E-state index in [1.54, 1.807) is 6.33 Å². The summed E-state index contributed by atoms with van der Waals surface area (Å²) in [5, 5.41) is 2.72. The summed E-state index contributed by atoms with van der Waals surface area (Å²) >= 11 is 0. The number of carbonyl (C=O) groups is 1. The van der Waals surface area contributed by atoms with Gasteiger partial charge in [-0.2, -0.15) is 0 Å². The molecule has 0 spiro atoms. The van der Waals surface area contributed by atoms with Gasteiger partial charge in [0, 0.05) is 26.2 Å². The van der Waals surface area contributed by atoms with Crippen LogP contribution in [-0.2, 0) is 11.3 Å². The molecule has 0 radical (unpaired) electrons. The maximum atomic E-state index is 10.5. The average Bonchev–Trinajstić information content (AvgIpc) is 2.35. The summed E-state index contributed by atoms with van der Waals surface area (Å²) < 4.78 is 1.95. The first kappa shape index (κ1) is 8.77. The Balaban J connectivity index is 2.29. The standard InChI is InChI=1S/C8H13N3O/c1-7-5-11(6-10-7)4-3-9-8(2)12/h5-6H,3-4H2,1-2H3,(H,9,12). The van der Waals surface area contributed by atoms with E-state index in [0.29, 0.717) is 6.54 Å². The van der Waals surface area contributed by atoms with Crippen LogP contribution in [0.4, 0.5) is 0 Å². The predicted molar refractivity (Wildman–Crippen MR) is 45.6 cm³/mol. The molecule has 0 aliphatic carbocycles. The van der Waals surface area contributed by atoms with Crippen molar-refractivity contribution < 1.29 is 4.79 Å². The highest BCUT2D eigenvalue weighted by Gasteiger charge is 1.93. The van der Waals surface area contributed by atoms with E-state index < -0.39 is 0 Å². The summed E-state index contributed by atoms with van der Waals surface area (Å²) in [6.45, 7) is 4.89. The average molecular weight is 167 g/mol. The van der Waals surface area contributed by atoms with E-state index in [1.165, 1.54) is 6.92 Å². The van der Waals surface area contributed by atoms with Gasteiger partial charge in [0.05, 0.1) is 12.0 Å². The number of imidazole rings is 1. The van der Waals surface area contributed by atoms with Crippen LogP contribution in [0.1, 0.15) is 12.6 Å². The molecule has 0 aromatic carbocycles. The van der Waals surface area contributed by atoms with Gasteiger partial charge in [0.2, 0.25) is 5.91 Å². The number of aryl methyl sites for hydroxylation is 1. The van der Waals surface area contributed by atoms with Gasteiger partial charge in [0.1, 0.15) is 0 Å². The van der Waals surface area contributed by atoms with Crippen LogP contribution in [0.5, 0.6) is 0 Å². The van der Waals surface area contributed by atoms with Gasteiger partial charge in [-0.25, -0.2) is 4.98 Å². The Bertz CT molecular complexity index is 267. The minimum Gasteiger partial charge on any atom is -0.355 e. The molecule has 4 nitrogen and oxygen atoms in total. The molecule has 0 unspecified atom stereocenters.